The quantitative estimate of drug-likeness (QED) is 0.0311. The highest BCUT2D eigenvalue weighted by atomic mass is 31.2. The van der Waals surface area contributed by atoms with Crippen molar-refractivity contribution >= 4 is 25.7 Å². The summed E-state index contributed by atoms with van der Waals surface area (Å²) < 4.78 is 26.0. The number of amides is 1. The normalized spacial score (nSPS) is 14.0. The minimum absolute atomic E-state index is 0.108. The summed E-state index contributed by atoms with van der Waals surface area (Å²) >= 11 is 0. The van der Waals surface area contributed by atoms with Crippen molar-refractivity contribution in [1.82, 2.24) is 5.32 Å². The van der Waals surface area contributed by atoms with Crippen LogP contribution >= 0.6 is 7.82 Å². The molecular weight excluding hydrogens is 601 g/mol. The maximum atomic E-state index is 12.2. The van der Waals surface area contributed by atoms with Gasteiger partial charge in [0, 0.05) is 12.8 Å². The SMILES string of the molecule is CCCCCCCCCCCCCCCCCCCCCCCC(=O)NC(COP(=O)(O)OCC(O)COC(=O)CC)C(=O)O. The van der Waals surface area contributed by atoms with Crippen molar-refractivity contribution < 1.29 is 47.8 Å². The molecule has 3 unspecified atom stereocenters. The highest BCUT2D eigenvalue weighted by molar-refractivity contribution is 7.47. The Bertz CT molecular complexity index is 797. The van der Waals surface area contributed by atoms with E-state index in [1.807, 2.05) is 0 Å². The van der Waals surface area contributed by atoms with E-state index < -0.39 is 57.6 Å². The first-order valence-corrected chi connectivity index (χ1v) is 19.1. The highest BCUT2D eigenvalue weighted by Gasteiger charge is 2.28. The van der Waals surface area contributed by atoms with Crippen molar-refractivity contribution in [2.45, 2.75) is 174 Å². The lowest BCUT2D eigenvalue weighted by Crippen LogP contribution is -2.43. The minimum Gasteiger partial charge on any atom is -0.480 e. The summed E-state index contributed by atoms with van der Waals surface area (Å²) in [6.07, 6.45) is 25.5. The molecule has 45 heavy (non-hydrogen) atoms. The lowest BCUT2D eigenvalue weighted by molar-refractivity contribution is -0.146. The first-order valence-electron chi connectivity index (χ1n) is 17.6. The standard InChI is InChI=1S/C33H64NO10P/c1-3-5-6-7-8-9-10-11-12-13-14-15-16-17-18-19-20-21-22-23-24-25-31(36)34-30(33(38)39)28-44-45(40,41)43-27-29(35)26-42-32(37)4-2/h29-30,35H,3-28H2,1-2H3,(H,34,36)(H,38,39)(H,40,41). The fourth-order valence-electron chi connectivity index (χ4n) is 4.88. The molecule has 0 heterocycles. The second-order valence-electron chi connectivity index (χ2n) is 12.0. The van der Waals surface area contributed by atoms with Gasteiger partial charge in [0.25, 0.3) is 0 Å². The number of aliphatic hydroxyl groups excluding tert-OH is 1. The van der Waals surface area contributed by atoms with Crippen LogP contribution in [0, 0.1) is 0 Å². The van der Waals surface area contributed by atoms with Gasteiger partial charge in [0.15, 0.2) is 6.04 Å². The average molecular weight is 666 g/mol. The molecule has 4 N–H and O–H groups in total. The lowest BCUT2D eigenvalue weighted by atomic mass is 10.0. The maximum absolute atomic E-state index is 12.2. The van der Waals surface area contributed by atoms with Crippen molar-refractivity contribution in [1.29, 1.82) is 0 Å². The molecule has 0 rings (SSSR count). The van der Waals surface area contributed by atoms with E-state index >= 15 is 0 Å². The number of hydrogen-bond acceptors (Lipinski definition) is 8. The van der Waals surface area contributed by atoms with Crippen molar-refractivity contribution in [2.75, 3.05) is 19.8 Å². The molecule has 3 atom stereocenters. The van der Waals surface area contributed by atoms with Crippen molar-refractivity contribution in [3.8, 4) is 0 Å². The zero-order chi connectivity index (χ0) is 33.6. The third-order valence-electron chi connectivity index (χ3n) is 7.70. The molecule has 0 aliphatic heterocycles. The van der Waals surface area contributed by atoms with Gasteiger partial charge in [0.1, 0.15) is 12.7 Å². The second-order valence-corrected chi connectivity index (χ2v) is 13.5. The van der Waals surface area contributed by atoms with E-state index in [0.717, 1.165) is 19.3 Å². The molecule has 0 bridgehead atoms. The summed E-state index contributed by atoms with van der Waals surface area (Å²) in [6, 6.07) is -1.54. The van der Waals surface area contributed by atoms with Crippen LogP contribution in [-0.2, 0) is 32.7 Å². The van der Waals surface area contributed by atoms with Gasteiger partial charge < -0.3 is 25.2 Å². The van der Waals surface area contributed by atoms with E-state index in [4.69, 9.17) is 4.74 Å². The van der Waals surface area contributed by atoms with E-state index in [0.29, 0.717) is 6.42 Å². The fraction of sp³-hybridized carbons (Fsp3) is 0.909. The van der Waals surface area contributed by atoms with E-state index in [2.05, 4.69) is 21.3 Å². The van der Waals surface area contributed by atoms with Crippen LogP contribution in [0.2, 0.25) is 0 Å². The van der Waals surface area contributed by atoms with Crippen LogP contribution in [0.4, 0.5) is 0 Å². The molecule has 0 aliphatic carbocycles. The molecule has 12 heteroatoms. The molecule has 0 saturated heterocycles. The van der Waals surface area contributed by atoms with E-state index in [-0.39, 0.29) is 12.8 Å². The zero-order valence-electron chi connectivity index (χ0n) is 28.2. The molecule has 11 nitrogen and oxygen atoms in total. The van der Waals surface area contributed by atoms with Crippen molar-refractivity contribution in [3.63, 3.8) is 0 Å². The predicted molar refractivity (Wildman–Crippen MR) is 176 cm³/mol. The number of carbonyl (C=O) groups excluding carboxylic acids is 2. The fourth-order valence-corrected chi connectivity index (χ4v) is 5.66. The highest BCUT2D eigenvalue weighted by Crippen LogP contribution is 2.43. The predicted octanol–water partition coefficient (Wildman–Crippen LogP) is 7.61. The number of aliphatic hydroxyl groups is 1. The number of nitrogens with one attached hydrogen (secondary N) is 1. The topological polar surface area (TPSA) is 169 Å². The van der Waals surface area contributed by atoms with E-state index in [1.54, 1.807) is 6.92 Å². The number of carboxylic acids is 1. The Labute approximate surface area is 272 Å². The smallest absolute Gasteiger partial charge is 0.472 e. The summed E-state index contributed by atoms with van der Waals surface area (Å²) in [4.78, 5) is 44.5. The summed E-state index contributed by atoms with van der Waals surface area (Å²) in [5.74, 6) is -2.46. The third-order valence-corrected chi connectivity index (χ3v) is 8.65. The van der Waals surface area contributed by atoms with Gasteiger partial charge in [0.05, 0.1) is 13.2 Å². The van der Waals surface area contributed by atoms with Crippen LogP contribution in [-0.4, -0.2) is 64.9 Å². The molecule has 0 aliphatic rings. The molecule has 0 aromatic rings. The number of rotatable bonds is 33. The second kappa shape index (κ2) is 29.9. The Balaban J connectivity index is 3.73. The number of unbranched alkanes of at least 4 members (excludes halogenated alkanes) is 20. The third kappa shape index (κ3) is 29.6. The molecule has 0 fully saturated rings. The van der Waals surface area contributed by atoms with E-state index in [1.165, 1.54) is 109 Å². The monoisotopic (exact) mass is 665 g/mol. The van der Waals surface area contributed by atoms with Crippen molar-refractivity contribution in [3.05, 3.63) is 0 Å². The minimum atomic E-state index is -4.71. The first-order chi connectivity index (χ1) is 21.6. The summed E-state index contributed by atoms with van der Waals surface area (Å²) in [5, 5.41) is 21.3. The molecule has 1 amide bonds. The number of carbonyl (C=O) groups is 3. The average Bonchev–Trinajstić information content (AvgIpc) is 3.01. The number of hydrogen-bond donors (Lipinski definition) is 4. The number of carboxylic acid groups (broad SMARTS) is 1. The number of aliphatic carboxylic acids is 1. The molecule has 0 aromatic carbocycles. The van der Waals surface area contributed by atoms with Gasteiger partial charge >= 0.3 is 19.8 Å². The van der Waals surface area contributed by atoms with Gasteiger partial charge in [-0.2, -0.15) is 0 Å². The van der Waals surface area contributed by atoms with Gasteiger partial charge in [-0.05, 0) is 6.42 Å². The Morgan fingerprint density at radius 2 is 1.04 bits per heavy atom. The summed E-state index contributed by atoms with van der Waals surface area (Å²) in [7, 11) is -4.71. The van der Waals surface area contributed by atoms with Crippen LogP contribution in [0.5, 0.6) is 0 Å². The zero-order valence-corrected chi connectivity index (χ0v) is 29.1. The van der Waals surface area contributed by atoms with Crippen LogP contribution in [0.3, 0.4) is 0 Å². The van der Waals surface area contributed by atoms with Crippen molar-refractivity contribution in [2.24, 2.45) is 0 Å². The molecule has 0 aromatic heterocycles. The Morgan fingerprint density at radius 1 is 0.644 bits per heavy atom. The first kappa shape index (κ1) is 43.5. The lowest BCUT2D eigenvalue weighted by Gasteiger charge is -2.18. The van der Waals surface area contributed by atoms with Gasteiger partial charge in [-0.25, -0.2) is 9.36 Å². The summed E-state index contributed by atoms with van der Waals surface area (Å²) in [5.41, 5.74) is 0. The largest absolute Gasteiger partial charge is 0.480 e. The molecule has 266 valence electrons. The van der Waals surface area contributed by atoms with Gasteiger partial charge in [0.2, 0.25) is 5.91 Å². The maximum Gasteiger partial charge on any atom is 0.472 e. The van der Waals surface area contributed by atoms with Gasteiger partial charge in [-0.15, -0.1) is 0 Å². The molecule has 0 saturated carbocycles. The van der Waals surface area contributed by atoms with Gasteiger partial charge in [-0.3, -0.25) is 18.6 Å². The van der Waals surface area contributed by atoms with Crippen LogP contribution in [0.25, 0.3) is 0 Å². The molecular formula is C33H64NO10P. The van der Waals surface area contributed by atoms with Crippen LogP contribution in [0.15, 0.2) is 0 Å². The number of phosphoric ester groups is 1. The Morgan fingerprint density at radius 3 is 1.44 bits per heavy atom. The Hall–Kier alpha value is -1.52. The van der Waals surface area contributed by atoms with Gasteiger partial charge in [-0.1, -0.05) is 142 Å². The molecule has 0 radical (unpaired) electrons. The van der Waals surface area contributed by atoms with Crippen LogP contribution < -0.4 is 5.32 Å². The number of ether oxygens (including phenoxy) is 1. The van der Waals surface area contributed by atoms with E-state index in [9.17, 15) is 34.1 Å². The van der Waals surface area contributed by atoms with Crippen LogP contribution in [0.1, 0.15) is 162 Å². The number of esters is 1. The molecule has 0 spiro atoms. The Kier molecular flexibility index (Phi) is 28.8. The number of phosphoric acid groups is 1. The summed E-state index contributed by atoms with van der Waals surface area (Å²) in [6.45, 7) is 1.94.